The van der Waals surface area contributed by atoms with Crippen molar-refractivity contribution < 1.29 is 9.53 Å². The molecule has 1 aliphatic rings. The van der Waals surface area contributed by atoms with Crippen molar-refractivity contribution in [1.82, 2.24) is 0 Å². The highest BCUT2D eigenvalue weighted by atomic mass is 16.5. The first-order valence-electron chi connectivity index (χ1n) is 10.1. The molecule has 2 heteroatoms. The molecule has 0 unspecified atom stereocenters. The van der Waals surface area contributed by atoms with Crippen molar-refractivity contribution in [2.75, 3.05) is 13.2 Å². The Hall–Kier alpha value is -0.370. The van der Waals surface area contributed by atoms with Crippen LogP contribution >= 0.6 is 0 Å². The van der Waals surface area contributed by atoms with E-state index in [-0.39, 0.29) is 0 Å². The van der Waals surface area contributed by atoms with Crippen molar-refractivity contribution >= 4 is 5.78 Å². The van der Waals surface area contributed by atoms with Gasteiger partial charge in [0, 0.05) is 19.6 Å². The minimum Gasteiger partial charge on any atom is -0.381 e. The van der Waals surface area contributed by atoms with E-state index in [1.165, 1.54) is 12.8 Å². The zero-order chi connectivity index (χ0) is 18.9. The molecule has 0 aromatic rings. The quantitative estimate of drug-likeness (QED) is 0.548. The molecule has 1 heterocycles. The normalized spacial score (nSPS) is 16.5. The molecule has 1 saturated heterocycles. The Labute approximate surface area is 152 Å². The van der Waals surface area contributed by atoms with Crippen LogP contribution in [0.1, 0.15) is 81.6 Å². The Morgan fingerprint density at radius 2 is 1.25 bits per heavy atom. The molecule has 0 radical (unpaired) electrons. The van der Waals surface area contributed by atoms with E-state index < -0.39 is 0 Å². The first-order valence-corrected chi connectivity index (χ1v) is 10.1. The molecular weight excluding hydrogens is 296 g/mol. The van der Waals surface area contributed by atoms with Crippen molar-refractivity contribution in [3.63, 3.8) is 0 Å². The first kappa shape index (κ1) is 23.6. The van der Waals surface area contributed by atoms with E-state index in [1.807, 2.05) is 0 Å². The largest absolute Gasteiger partial charge is 0.381 e. The third kappa shape index (κ3) is 9.20. The van der Waals surface area contributed by atoms with E-state index >= 15 is 0 Å². The number of ketones is 1. The maximum absolute atomic E-state index is 10.9. The highest BCUT2D eigenvalue weighted by Gasteiger charge is 2.28. The molecular formula is C22H44O2. The molecule has 2 nitrogen and oxygen atoms in total. The van der Waals surface area contributed by atoms with Crippen molar-refractivity contribution in [2.45, 2.75) is 81.6 Å². The summed E-state index contributed by atoms with van der Waals surface area (Å²) in [6, 6.07) is 0. The minimum atomic E-state index is 0.317. The van der Waals surface area contributed by atoms with Crippen LogP contribution < -0.4 is 0 Å². The van der Waals surface area contributed by atoms with Gasteiger partial charge >= 0.3 is 0 Å². The summed E-state index contributed by atoms with van der Waals surface area (Å²) in [7, 11) is 0. The average Bonchev–Trinajstić information content (AvgIpc) is 2.45. The van der Waals surface area contributed by atoms with Crippen molar-refractivity contribution in [3.05, 3.63) is 0 Å². The zero-order valence-electron chi connectivity index (χ0n) is 17.9. The van der Waals surface area contributed by atoms with Gasteiger partial charge in [-0.3, -0.25) is 0 Å². The molecule has 0 aliphatic carbocycles. The van der Waals surface area contributed by atoms with Gasteiger partial charge in [0.15, 0.2) is 0 Å². The fourth-order valence-corrected chi connectivity index (χ4v) is 4.53. The van der Waals surface area contributed by atoms with E-state index in [0.717, 1.165) is 43.3 Å². The molecule has 0 atom stereocenters. The molecule has 0 saturated carbocycles. The third-order valence-electron chi connectivity index (χ3n) is 5.59. The summed E-state index contributed by atoms with van der Waals surface area (Å²) in [5.41, 5.74) is 0. The Morgan fingerprint density at radius 1 is 0.833 bits per heavy atom. The van der Waals surface area contributed by atoms with Gasteiger partial charge in [-0.25, -0.2) is 0 Å². The van der Waals surface area contributed by atoms with Crippen LogP contribution in [0.5, 0.6) is 0 Å². The molecule has 0 aromatic carbocycles. The lowest BCUT2D eigenvalue weighted by molar-refractivity contribution is -0.118. The molecule has 144 valence electrons. The van der Waals surface area contributed by atoms with Gasteiger partial charge in [-0.1, -0.05) is 55.4 Å². The van der Waals surface area contributed by atoms with Crippen LogP contribution in [0, 0.1) is 41.4 Å². The smallest absolute Gasteiger partial charge is 0.130 e. The molecule has 0 N–H and O–H groups in total. The highest BCUT2D eigenvalue weighted by Crippen LogP contribution is 2.34. The maximum atomic E-state index is 10.9. The lowest BCUT2D eigenvalue weighted by Gasteiger charge is -2.35. The predicted octanol–water partition coefficient (Wildman–Crippen LogP) is 6.23. The standard InChI is InChI=1S/C12H24O.C10H20O/c1-9(2)12(10(3)4)11-5-7-13-8-6-11;1-7(2)10(8(3)4)6-9(5)11/h9-12H,5-8H2,1-4H3;7-8,10H,6H2,1-5H3. The molecule has 0 aromatic heterocycles. The Kier molecular flexibility index (Phi) is 11.9. The Bertz CT molecular complexity index is 309. The van der Waals surface area contributed by atoms with E-state index in [0.29, 0.717) is 23.5 Å². The van der Waals surface area contributed by atoms with Crippen molar-refractivity contribution in [3.8, 4) is 0 Å². The summed E-state index contributed by atoms with van der Waals surface area (Å²) in [4.78, 5) is 10.9. The van der Waals surface area contributed by atoms with Crippen LogP contribution in [0.25, 0.3) is 0 Å². The van der Waals surface area contributed by atoms with Crippen LogP contribution in [0.15, 0.2) is 0 Å². The van der Waals surface area contributed by atoms with Crippen LogP contribution in [0.4, 0.5) is 0 Å². The zero-order valence-corrected chi connectivity index (χ0v) is 17.9. The number of ether oxygens (including phenoxy) is 1. The second kappa shape index (κ2) is 12.1. The summed E-state index contributed by atoms with van der Waals surface area (Å²) in [5.74, 6) is 5.58. The number of carbonyl (C=O) groups is 1. The number of carbonyl (C=O) groups excluding carboxylic acids is 1. The lowest BCUT2D eigenvalue weighted by Crippen LogP contribution is -2.30. The number of hydrogen-bond acceptors (Lipinski definition) is 2. The predicted molar refractivity (Wildman–Crippen MR) is 105 cm³/mol. The maximum Gasteiger partial charge on any atom is 0.130 e. The number of hydrogen-bond donors (Lipinski definition) is 0. The second-order valence-electron chi connectivity index (χ2n) is 9.07. The Morgan fingerprint density at radius 3 is 1.50 bits per heavy atom. The third-order valence-corrected chi connectivity index (χ3v) is 5.59. The molecule has 0 spiro atoms. The van der Waals surface area contributed by atoms with Crippen LogP contribution in [0.3, 0.4) is 0 Å². The molecule has 1 rings (SSSR count). The van der Waals surface area contributed by atoms with Crippen LogP contribution in [-0.2, 0) is 9.53 Å². The van der Waals surface area contributed by atoms with Gasteiger partial charge in [-0.15, -0.1) is 0 Å². The highest BCUT2D eigenvalue weighted by molar-refractivity contribution is 5.75. The fourth-order valence-electron chi connectivity index (χ4n) is 4.53. The number of Topliss-reactive ketones (excluding diaryl/α,β-unsaturated/α-hetero) is 1. The van der Waals surface area contributed by atoms with Gasteiger partial charge in [0.25, 0.3) is 0 Å². The van der Waals surface area contributed by atoms with E-state index in [9.17, 15) is 4.79 Å². The fraction of sp³-hybridized carbons (Fsp3) is 0.955. The summed E-state index contributed by atoms with van der Waals surface area (Å²) >= 11 is 0. The first-order chi connectivity index (χ1) is 11.1. The summed E-state index contributed by atoms with van der Waals surface area (Å²) < 4.78 is 5.41. The molecule has 0 amide bonds. The summed E-state index contributed by atoms with van der Waals surface area (Å²) in [6.07, 6.45) is 3.30. The van der Waals surface area contributed by atoms with Crippen LogP contribution in [0.2, 0.25) is 0 Å². The lowest BCUT2D eigenvalue weighted by atomic mass is 9.73. The van der Waals surface area contributed by atoms with Gasteiger partial charge in [0.1, 0.15) is 5.78 Å². The van der Waals surface area contributed by atoms with Crippen LogP contribution in [-0.4, -0.2) is 19.0 Å². The van der Waals surface area contributed by atoms with Crippen molar-refractivity contribution in [2.24, 2.45) is 41.4 Å². The van der Waals surface area contributed by atoms with Gasteiger partial charge in [0.05, 0.1) is 0 Å². The van der Waals surface area contributed by atoms with E-state index in [2.05, 4.69) is 55.4 Å². The molecule has 0 bridgehead atoms. The van der Waals surface area contributed by atoms with E-state index in [1.54, 1.807) is 6.92 Å². The van der Waals surface area contributed by atoms with Crippen molar-refractivity contribution in [1.29, 1.82) is 0 Å². The summed E-state index contributed by atoms with van der Waals surface area (Å²) in [5, 5.41) is 0. The topological polar surface area (TPSA) is 26.3 Å². The second-order valence-corrected chi connectivity index (χ2v) is 9.07. The van der Waals surface area contributed by atoms with Gasteiger partial charge < -0.3 is 9.53 Å². The monoisotopic (exact) mass is 340 g/mol. The minimum absolute atomic E-state index is 0.317. The van der Waals surface area contributed by atoms with Gasteiger partial charge in [-0.2, -0.15) is 0 Å². The molecule has 24 heavy (non-hydrogen) atoms. The molecule has 1 fully saturated rings. The van der Waals surface area contributed by atoms with E-state index in [4.69, 9.17) is 4.74 Å². The average molecular weight is 341 g/mol. The molecule has 1 aliphatic heterocycles. The van der Waals surface area contributed by atoms with Gasteiger partial charge in [0.2, 0.25) is 0 Å². The number of rotatable bonds is 7. The van der Waals surface area contributed by atoms with Gasteiger partial charge in [-0.05, 0) is 61.2 Å². The SMILES string of the molecule is CC(=O)CC(C(C)C)C(C)C.CC(C)C(C(C)C)C1CCOCC1. The Balaban J connectivity index is 0.000000449. The summed E-state index contributed by atoms with van der Waals surface area (Å²) in [6.45, 7) is 21.8.